The molecule has 1 aliphatic heterocycles. The SMILES string of the molecule is Cc1oc(-c2ccco2)nc1CC(=O)N1CCC([C@@H](O)C(F)(F)F)CC1. The van der Waals surface area contributed by atoms with E-state index in [1.54, 1.807) is 19.1 Å². The van der Waals surface area contributed by atoms with Gasteiger partial charge in [-0.25, -0.2) is 4.98 Å². The summed E-state index contributed by atoms with van der Waals surface area (Å²) in [6, 6.07) is 3.38. The number of aryl methyl sites for hydroxylation is 1. The van der Waals surface area contributed by atoms with Crippen LogP contribution in [-0.4, -0.2) is 46.3 Å². The Labute approximate surface area is 147 Å². The molecule has 1 saturated heterocycles. The van der Waals surface area contributed by atoms with Gasteiger partial charge in [0.1, 0.15) is 5.76 Å². The number of alkyl halides is 3. The average Bonchev–Trinajstić information content (AvgIpc) is 3.24. The lowest BCUT2D eigenvalue weighted by Gasteiger charge is -2.34. The van der Waals surface area contributed by atoms with Crippen molar-refractivity contribution in [3.8, 4) is 11.7 Å². The molecule has 0 aliphatic carbocycles. The maximum Gasteiger partial charge on any atom is 0.414 e. The molecule has 1 atom stereocenters. The zero-order chi connectivity index (χ0) is 18.9. The van der Waals surface area contributed by atoms with Crippen molar-refractivity contribution >= 4 is 5.91 Å². The maximum atomic E-state index is 12.6. The summed E-state index contributed by atoms with van der Waals surface area (Å²) in [5.41, 5.74) is 0.471. The van der Waals surface area contributed by atoms with Gasteiger partial charge < -0.3 is 18.8 Å². The van der Waals surface area contributed by atoms with Gasteiger partial charge in [-0.2, -0.15) is 13.2 Å². The fourth-order valence-electron chi connectivity index (χ4n) is 3.08. The second kappa shape index (κ2) is 7.14. The van der Waals surface area contributed by atoms with E-state index < -0.39 is 18.2 Å². The molecule has 3 heterocycles. The minimum Gasteiger partial charge on any atom is -0.459 e. The van der Waals surface area contributed by atoms with Crippen LogP contribution in [0.2, 0.25) is 0 Å². The minimum atomic E-state index is -4.63. The molecule has 1 aliphatic rings. The van der Waals surface area contributed by atoms with Gasteiger partial charge in [0.05, 0.1) is 18.4 Å². The van der Waals surface area contributed by atoms with Crippen molar-refractivity contribution in [3.63, 3.8) is 0 Å². The number of likely N-dealkylation sites (tertiary alicyclic amines) is 1. The third kappa shape index (κ3) is 3.92. The van der Waals surface area contributed by atoms with Gasteiger partial charge in [0, 0.05) is 13.1 Å². The van der Waals surface area contributed by atoms with Crippen molar-refractivity contribution in [1.29, 1.82) is 0 Å². The van der Waals surface area contributed by atoms with Crippen LogP contribution in [0.3, 0.4) is 0 Å². The van der Waals surface area contributed by atoms with Crippen LogP contribution >= 0.6 is 0 Å². The average molecular weight is 372 g/mol. The number of hydrogen-bond acceptors (Lipinski definition) is 5. The molecule has 1 fully saturated rings. The number of aliphatic hydroxyl groups is 1. The van der Waals surface area contributed by atoms with Gasteiger partial charge in [-0.3, -0.25) is 4.79 Å². The van der Waals surface area contributed by atoms with Gasteiger partial charge in [0.2, 0.25) is 5.91 Å². The fourth-order valence-corrected chi connectivity index (χ4v) is 3.08. The smallest absolute Gasteiger partial charge is 0.414 e. The molecular formula is C17H19F3N2O4. The van der Waals surface area contributed by atoms with Crippen LogP contribution in [0.4, 0.5) is 13.2 Å². The molecule has 0 saturated carbocycles. The molecule has 26 heavy (non-hydrogen) atoms. The van der Waals surface area contributed by atoms with E-state index in [4.69, 9.17) is 8.83 Å². The molecule has 0 spiro atoms. The molecule has 6 nitrogen and oxygen atoms in total. The summed E-state index contributed by atoms with van der Waals surface area (Å²) in [5.74, 6) is 0.119. The molecule has 3 rings (SSSR count). The predicted molar refractivity (Wildman–Crippen MR) is 84.0 cm³/mol. The highest BCUT2D eigenvalue weighted by Gasteiger charge is 2.44. The van der Waals surface area contributed by atoms with E-state index in [2.05, 4.69) is 4.98 Å². The van der Waals surface area contributed by atoms with Gasteiger partial charge in [0.25, 0.3) is 5.89 Å². The minimum absolute atomic E-state index is 0.00251. The van der Waals surface area contributed by atoms with E-state index >= 15 is 0 Å². The molecule has 2 aromatic rings. The van der Waals surface area contributed by atoms with Crippen molar-refractivity contribution in [2.24, 2.45) is 5.92 Å². The zero-order valence-corrected chi connectivity index (χ0v) is 14.1. The summed E-state index contributed by atoms with van der Waals surface area (Å²) < 4.78 is 48.5. The Morgan fingerprint density at radius 2 is 2.12 bits per heavy atom. The number of carbonyl (C=O) groups excluding carboxylic acids is 1. The summed E-state index contributed by atoms with van der Waals surface area (Å²) in [6.45, 7) is 2.05. The predicted octanol–water partition coefficient (Wildman–Crippen LogP) is 2.95. The summed E-state index contributed by atoms with van der Waals surface area (Å²) in [4.78, 5) is 18.2. The Bertz CT molecular complexity index is 747. The van der Waals surface area contributed by atoms with Crippen LogP contribution in [0.5, 0.6) is 0 Å². The number of aromatic nitrogens is 1. The number of amides is 1. The first-order valence-electron chi connectivity index (χ1n) is 8.28. The van der Waals surface area contributed by atoms with E-state index in [0.717, 1.165) is 0 Å². The van der Waals surface area contributed by atoms with Crippen LogP contribution < -0.4 is 0 Å². The molecule has 2 aromatic heterocycles. The van der Waals surface area contributed by atoms with E-state index in [1.165, 1.54) is 11.2 Å². The zero-order valence-electron chi connectivity index (χ0n) is 14.1. The Kier molecular flexibility index (Phi) is 5.08. The molecule has 0 bridgehead atoms. The summed E-state index contributed by atoms with van der Waals surface area (Å²) in [5, 5.41) is 9.34. The summed E-state index contributed by atoms with van der Waals surface area (Å²) in [7, 11) is 0. The lowest BCUT2D eigenvalue weighted by molar-refractivity contribution is -0.222. The van der Waals surface area contributed by atoms with Crippen LogP contribution in [0.1, 0.15) is 24.3 Å². The lowest BCUT2D eigenvalue weighted by Crippen LogP contribution is -2.45. The van der Waals surface area contributed by atoms with Gasteiger partial charge in [-0.15, -0.1) is 0 Å². The molecule has 0 unspecified atom stereocenters. The number of hydrogen-bond donors (Lipinski definition) is 1. The molecule has 9 heteroatoms. The highest BCUT2D eigenvalue weighted by Crippen LogP contribution is 2.32. The second-order valence-corrected chi connectivity index (χ2v) is 6.38. The Hall–Kier alpha value is -2.29. The van der Waals surface area contributed by atoms with Crippen LogP contribution in [0, 0.1) is 12.8 Å². The quantitative estimate of drug-likeness (QED) is 0.893. The highest BCUT2D eigenvalue weighted by molar-refractivity contribution is 5.78. The Morgan fingerprint density at radius 1 is 1.42 bits per heavy atom. The maximum absolute atomic E-state index is 12.6. The molecule has 142 valence electrons. The number of oxazole rings is 1. The van der Waals surface area contributed by atoms with Crippen molar-refractivity contribution in [3.05, 3.63) is 29.9 Å². The number of aliphatic hydroxyl groups excluding tert-OH is 1. The van der Waals surface area contributed by atoms with Crippen LogP contribution in [-0.2, 0) is 11.2 Å². The van der Waals surface area contributed by atoms with E-state index in [9.17, 15) is 23.1 Å². The number of piperidine rings is 1. The molecular weight excluding hydrogens is 353 g/mol. The van der Waals surface area contributed by atoms with E-state index in [-0.39, 0.29) is 44.1 Å². The largest absolute Gasteiger partial charge is 0.459 e. The Morgan fingerprint density at radius 3 is 2.69 bits per heavy atom. The first kappa shape index (κ1) is 18.5. The fraction of sp³-hybridized carbons (Fsp3) is 0.529. The van der Waals surface area contributed by atoms with Gasteiger partial charge >= 0.3 is 6.18 Å². The number of carbonyl (C=O) groups is 1. The van der Waals surface area contributed by atoms with Crippen LogP contribution in [0.25, 0.3) is 11.7 Å². The third-order valence-corrected chi connectivity index (χ3v) is 4.62. The molecule has 1 amide bonds. The normalized spacial score (nSPS) is 17.5. The van der Waals surface area contributed by atoms with Crippen molar-refractivity contribution in [1.82, 2.24) is 9.88 Å². The highest BCUT2D eigenvalue weighted by atomic mass is 19.4. The monoisotopic (exact) mass is 372 g/mol. The standard InChI is InChI=1S/C17H19F3N2O4/c1-10-12(21-16(26-10)13-3-2-8-25-13)9-14(23)22-6-4-11(5-7-22)15(24)17(18,19)20/h2-3,8,11,15,24H,4-7,9H2,1H3/t15-/m1/s1. The van der Waals surface area contributed by atoms with Crippen molar-refractivity contribution < 1.29 is 31.9 Å². The Balaban J connectivity index is 1.58. The summed E-state index contributed by atoms with van der Waals surface area (Å²) in [6.07, 6.45) is -5.25. The van der Waals surface area contributed by atoms with Gasteiger partial charge in [0.15, 0.2) is 11.9 Å². The van der Waals surface area contributed by atoms with Crippen molar-refractivity contribution in [2.45, 2.75) is 38.5 Å². The number of halogens is 3. The van der Waals surface area contributed by atoms with Crippen LogP contribution in [0.15, 0.2) is 27.2 Å². The van der Waals surface area contributed by atoms with Gasteiger partial charge in [-0.05, 0) is 37.8 Å². The number of furan rings is 1. The first-order chi connectivity index (χ1) is 12.3. The van der Waals surface area contributed by atoms with E-state index in [1.807, 2.05) is 0 Å². The number of rotatable bonds is 4. The van der Waals surface area contributed by atoms with E-state index in [0.29, 0.717) is 17.2 Å². The molecule has 0 radical (unpaired) electrons. The third-order valence-electron chi connectivity index (χ3n) is 4.62. The topological polar surface area (TPSA) is 79.7 Å². The molecule has 0 aromatic carbocycles. The second-order valence-electron chi connectivity index (χ2n) is 6.38. The van der Waals surface area contributed by atoms with Gasteiger partial charge in [-0.1, -0.05) is 0 Å². The van der Waals surface area contributed by atoms with Crippen molar-refractivity contribution in [2.75, 3.05) is 13.1 Å². The summed E-state index contributed by atoms with van der Waals surface area (Å²) >= 11 is 0. The first-order valence-corrected chi connectivity index (χ1v) is 8.28. The molecule has 1 N–H and O–H groups in total. The lowest BCUT2D eigenvalue weighted by atomic mass is 9.90. The number of nitrogens with zero attached hydrogens (tertiary/aromatic N) is 2.